The van der Waals surface area contributed by atoms with E-state index < -0.39 is 0 Å². The highest BCUT2D eigenvalue weighted by Crippen LogP contribution is 2.36. The molecule has 0 saturated heterocycles. The fourth-order valence-electron chi connectivity index (χ4n) is 3.55. The van der Waals surface area contributed by atoms with Crippen LogP contribution in [0.5, 0.6) is 0 Å². The van der Waals surface area contributed by atoms with Crippen LogP contribution in [0.1, 0.15) is 0 Å². The molecule has 5 rings (SSSR count). The Labute approximate surface area is 166 Å². The van der Waals surface area contributed by atoms with E-state index in [1.807, 2.05) is 54.6 Å². The van der Waals surface area contributed by atoms with Gasteiger partial charge in [0.25, 0.3) is 0 Å². The Bertz CT molecular complexity index is 1380. The number of fused-ring (bicyclic) bond motifs is 2. The highest BCUT2D eigenvalue weighted by atomic mass is 35.5. The highest BCUT2D eigenvalue weighted by Gasteiger charge is 2.14. The zero-order valence-electron chi connectivity index (χ0n) is 14.9. The van der Waals surface area contributed by atoms with Crippen molar-refractivity contribution in [3.63, 3.8) is 0 Å². The number of hydrogen-bond donors (Lipinski definition) is 0. The van der Waals surface area contributed by atoms with E-state index in [4.69, 9.17) is 16.0 Å². The third-order valence-electron chi connectivity index (χ3n) is 4.94. The summed E-state index contributed by atoms with van der Waals surface area (Å²) in [6.07, 6.45) is 0. The summed E-state index contributed by atoms with van der Waals surface area (Å²) in [6, 6.07) is 29.0. The molecule has 0 unspecified atom stereocenters. The molecular formula is C25H15ClO2. The minimum atomic E-state index is -0.0490. The van der Waals surface area contributed by atoms with Crippen molar-refractivity contribution in [1.29, 1.82) is 0 Å². The van der Waals surface area contributed by atoms with Crippen LogP contribution in [0.15, 0.2) is 100 Å². The maximum atomic E-state index is 12.7. The topological polar surface area (TPSA) is 30.2 Å². The lowest BCUT2D eigenvalue weighted by molar-refractivity contribution is 0.619. The van der Waals surface area contributed by atoms with Crippen molar-refractivity contribution in [2.75, 3.05) is 0 Å². The Morgan fingerprint density at radius 1 is 0.679 bits per heavy atom. The zero-order valence-corrected chi connectivity index (χ0v) is 15.6. The van der Waals surface area contributed by atoms with Crippen molar-refractivity contribution >= 4 is 33.3 Å². The molecule has 134 valence electrons. The van der Waals surface area contributed by atoms with Gasteiger partial charge >= 0.3 is 0 Å². The lowest BCUT2D eigenvalue weighted by Gasteiger charge is -2.12. The molecule has 2 nitrogen and oxygen atoms in total. The first-order valence-electron chi connectivity index (χ1n) is 9.01. The second-order valence-corrected chi connectivity index (χ2v) is 7.16. The van der Waals surface area contributed by atoms with E-state index in [0.717, 1.165) is 27.5 Å². The van der Waals surface area contributed by atoms with Crippen LogP contribution in [0, 0.1) is 0 Å². The van der Waals surface area contributed by atoms with Gasteiger partial charge in [0.15, 0.2) is 5.43 Å². The van der Waals surface area contributed by atoms with Crippen LogP contribution in [0.25, 0.3) is 44.2 Å². The summed E-state index contributed by atoms with van der Waals surface area (Å²) >= 11 is 6.08. The highest BCUT2D eigenvalue weighted by molar-refractivity contribution is 6.30. The van der Waals surface area contributed by atoms with E-state index in [-0.39, 0.29) is 5.43 Å². The maximum absolute atomic E-state index is 12.7. The van der Waals surface area contributed by atoms with Crippen LogP contribution in [-0.4, -0.2) is 0 Å². The number of rotatable bonds is 2. The van der Waals surface area contributed by atoms with Crippen LogP contribution in [0.2, 0.25) is 5.02 Å². The molecule has 0 atom stereocenters. The van der Waals surface area contributed by atoms with Gasteiger partial charge in [0.05, 0.1) is 5.39 Å². The molecule has 1 aromatic heterocycles. The molecule has 0 bridgehead atoms. The van der Waals surface area contributed by atoms with Gasteiger partial charge in [-0.2, -0.15) is 0 Å². The molecule has 0 spiro atoms. The van der Waals surface area contributed by atoms with Gasteiger partial charge in [0, 0.05) is 16.7 Å². The molecule has 0 aliphatic carbocycles. The number of para-hydroxylation sites is 1. The van der Waals surface area contributed by atoms with Crippen molar-refractivity contribution in [1.82, 2.24) is 0 Å². The second kappa shape index (κ2) is 6.66. The van der Waals surface area contributed by atoms with Crippen molar-refractivity contribution in [3.8, 4) is 22.5 Å². The molecule has 28 heavy (non-hydrogen) atoms. The van der Waals surface area contributed by atoms with Crippen molar-refractivity contribution < 1.29 is 4.42 Å². The van der Waals surface area contributed by atoms with Gasteiger partial charge < -0.3 is 4.42 Å². The number of benzene rings is 4. The number of halogens is 1. The van der Waals surface area contributed by atoms with E-state index in [1.165, 1.54) is 0 Å². The van der Waals surface area contributed by atoms with E-state index in [1.54, 1.807) is 12.1 Å². The van der Waals surface area contributed by atoms with Gasteiger partial charge in [-0.15, -0.1) is 0 Å². The van der Waals surface area contributed by atoms with Gasteiger partial charge in [-0.3, -0.25) is 4.79 Å². The molecule has 0 aliphatic heterocycles. The standard InChI is InChI=1S/C25H15ClO2/c26-19-11-9-16(10-12-19)21-13-17-5-1-2-6-18(17)14-22(21)25-15-23(27)20-7-3-4-8-24(20)28-25/h1-15H. The molecule has 4 aromatic carbocycles. The summed E-state index contributed by atoms with van der Waals surface area (Å²) in [6.45, 7) is 0. The first-order valence-corrected chi connectivity index (χ1v) is 9.39. The minimum Gasteiger partial charge on any atom is -0.456 e. The van der Waals surface area contributed by atoms with Crippen molar-refractivity contribution in [2.24, 2.45) is 0 Å². The Balaban J connectivity index is 1.84. The second-order valence-electron chi connectivity index (χ2n) is 6.72. The van der Waals surface area contributed by atoms with Gasteiger partial charge in [0.1, 0.15) is 11.3 Å². The first kappa shape index (κ1) is 16.8. The lowest BCUT2D eigenvalue weighted by atomic mass is 9.94. The summed E-state index contributed by atoms with van der Waals surface area (Å²) in [4.78, 5) is 12.7. The largest absolute Gasteiger partial charge is 0.456 e. The smallest absolute Gasteiger partial charge is 0.193 e. The molecular weight excluding hydrogens is 368 g/mol. The molecule has 0 amide bonds. The minimum absolute atomic E-state index is 0.0490. The predicted octanol–water partition coefficient (Wildman–Crippen LogP) is 6.93. The molecule has 1 heterocycles. The van der Waals surface area contributed by atoms with Crippen molar-refractivity contribution in [3.05, 3.63) is 106 Å². The molecule has 5 aromatic rings. The fourth-order valence-corrected chi connectivity index (χ4v) is 3.68. The fraction of sp³-hybridized carbons (Fsp3) is 0. The van der Waals surface area contributed by atoms with Crippen LogP contribution in [-0.2, 0) is 0 Å². The summed E-state index contributed by atoms with van der Waals surface area (Å²) in [7, 11) is 0. The quantitative estimate of drug-likeness (QED) is 0.331. The van der Waals surface area contributed by atoms with Gasteiger partial charge in [-0.05, 0) is 58.3 Å². The van der Waals surface area contributed by atoms with Crippen molar-refractivity contribution in [2.45, 2.75) is 0 Å². The third-order valence-corrected chi connectivity index (χ3v) is 5.19. The third kappa shape index (κ3) is 2.88. The summed E-state index contributed by atoms with van der Waals surface area (Å²) in [5.41, 5.74) is 3.42. The average Bonchev–Trinajstić information content (AvgIpc) is 2.73. The summed E-state index contributed by atoms with van der Waals surface area (Å²) in [5, 5.41) is 3.48. The van der Waals surface area contributed by atoms with E-state index in [9.17, 15) is 4.79 Å². The summed E-state index contributed by atoms with van der Waals surface area (Å²) in [5.74, 6) is 0.555. The van der Waals surface area contributed by atoms with Gasteiger partial charge in [-0.25, -0.2) is 0 Å². The first-order chi connectivity index (χ1) is 13.7. The molecule has 0 radical (unpaired) electrons. The Morgan fingerprint density at radius 2 is 1.32 bits per heavy atom. The Morgan fingerprint density at radius 3 is 2.07 bits per heavy atom. The maximum Gasteiger partial charge on any atom is 0.193 e. The van der Waals surface area contributed by atoms with Gasteiger partial charge in [-0.1, -0.05) is 60.1 Å². The Kier molecular flexibility index (Phi) is 4.00. The van der Waals surface area contributed by atoms with Crippen LogP contribution >= 0.6 is 11.6 Å². The molecule has 0 fully saturated rings. The monoisotopic (exact) mass is 382 g/mol. The predicted molar refractivity (Wildman–Crippen MR) is 116 cm³/mol. The molecule has 0 saturated carbocycles. The van der Waals surface area contributed by atoms with E-state index in [2.05, 4.69) is 24.3 Å². The molecule has 0 N–H and O–H groups in total. The SMILES string of the molecule is O=c1cc(-c2cc3ccccc3cc2-c2ccc(Cl)cc2)oc2ccccc12. The van der Waals surface area contributed by atoms with Crippen LogP contribution < -0.4 is 5.43 Å². The van der Waals surface area contributed by atoms with E-state index in [0.29, 0.717) is 21.8 Å². The Hall–Kier alpha value is -3.36. The normalized spacial score (nSPS) is 11.2. The zero-order chi connectivity index (χ0) is 19.1. The molecule has 3 heteroatoms. The average molecular weight is 383 g/mol. The lowest BCUT2D eigenvalue weighted by Crippen LogP contribution is -2.00. The molecule has 0 aliphatic rings. The summed E-state index contributed by atoms with van der Waals surface area (Å²) < 4.78 is 6.14. The van der Waals surface area contributed by atoms with Crippen LogP contribution in [0.4, 0.5) is 0 Å². The van der Waals surface area contributed by atoms with E-state index >= 15 is 0 Å². The van der Waals surface area contributed by atoms with Gasteiger partial charge in [0.2, 0.25) is 0 Å². The van der Waals surface area contributed by atoms with Crippen LogP contribution in [0.3, 0.4) is 0 Å². The number of hydrogen-bond acceptors (Lipinski definition) is 2.